The molecule has 0 aliphatic rings. The van der Waals surface area contributed by atoms with E-state index in [-0.39, 0.29) is 6.61 Å². The first kappa shape index (κ1) is 12.3. The minimum atomic E-state index is -3.69. The molecule has 0 aromatic carbocycles. The molecule has 0 saturated carbocycles. The molecule has 7 heteroatoms. The molecule has 13 heavy (non-hydrogen) atoms. The molecule has 0 bridgehead atoms. The number of hydrogen-bond acceptors (Lipinski definition) is 5. The van der Waals surface area contributed by atoms with E-state index in [2.05, 4.69) is 9.46 Å². The third kappa shape index (κ3) is 5.56. The Kier molecular flexibility index (Phi) is 4.89. The van der Waals surface area contributed by atoms with Gasteiger partial charge in [0.05, 0.1) is 13.7 Å². The summed E-state index contributed by atoms with van der Waals surface area (Å²) in [6, 6.07) is -0.602. The molecule has 0 amide bonds. The number of aliphatic hydroxyl groups is 1. The first-order chi connectivity index (χ1) is 5.91. The van der Waals surface area contributed by atoms with Gasteiger partial charge in [0.15, 0.2) is 5.75 Å². The summed E-state index contributed by atoms with van der Waals surface area (Å²) >= 11 is 0. The Morgan fingerprint density at radius 1 is 1.62 bits per heavy atom. The lowest BCUT2D eigenvalue weighted by molar-refractivity contribution is -0.137. The molecule has 0 saturated heterocycles. The van der Waals surface area contributed by atoms with Gasteiger partial charge in [0.25, 0.3) is 0 Å². The summed E-state index contributed by atoms with van der Waals surface area (Å²) < 4.78 is 28.4. The fourth-order valence-electron chi connectivity index (χ4n) is 0.600. The van der Waals surface area contributed by atoms with Crippen LogP contribution in [0.2, 0.25) is 0 Å². The highest BCUT2D eigenvalue weighted by atomic mass is 32.2. The van der Waals surface area contributed by atoms with Crippen molar-refractivity contribution in [1.82, 2.24) is 4.72 Å². The van der Waals surface area contributed by atoms with Gasteiger partial charge < -0.3 is 9.84 Å². The molecule has 0 unspecified atom stereocenters. The Balaban J connectivity index is 4.17. The van der Waals surface area contributed by atoms with E-state index in [1.54, 1.807) is 0 Å². The van der Waals surface area contributed by atoms with Gasteiger partial charge in [0.2, 0.25) is 10.0 Å². The number of sulfonamides is 1. The van der Waals surface area contributed by atoms with E-state index in [0.29, 0.717) is 0 Å². The quantitative estimate of drug-likeness (QED) is 0.538. The Morgan fingerprint density at radius 3 is 2.54 bits per heavy atom. The molecule has 0 heterocycles. The summed E-state index contributed by atoms with van der Waals surface area (Å²) in [4.78, 5) is 10.6. The Morgan fingerprint density at radius 2 is 2.15 bits per heavy atom. The van der Waals surface area contributed by atoms with Crippen LogP contribution < -0.4 is 4.72 Å². The van der Waals surface area contributed by atoms with Crippen LogP contribution in [0.4, 0.5) is 0 Å². The predicted molar refractivity (Wildman–Crippen MR) is 45.5 cm³/mol. The molecule has 0 fully saturated rings. The van der Waals surface area contributed by atoms with Crippen LogP contribution in [-0.2, 0) is 19.6 Å². The van der Waals surface area contributed by atoms with Gasteiger partial charge in [-0.3, -0.25) is 4.79 Å². The highest BCUT2D eigenvalue weighted by molar-refractivity contribution is 7.90. The van der Waals surface area contributed by atoms with E-state index in [0.717, 1.165) is 7.11 Å². The monoisotopic (exact) mass is 211 g/mol. The van der Waals surface area contributed by atoms with E-state index in [1.165, 1.54) is 6.92 Å². The van der Waals surface area contributed by atoms with E-state index < -0.39 is 27.8 Å². The van der Waals surface area contributed by atoms with Crippen molar-refractivity contribution in [2.24, 2.45) is 0 Å². The SMILES string of the molecule is COC(=O)CS(=O)(=O)N[C@H](C)CO. The minimum absolute atomic E-state index is 0.319. The second kappa shape index (κ2) is 5.15. The lowest BCUT2D eigenvalue weighted by Crippen LogP contribution is -2.38. The summed E-state index contributed by atoms with van der Waals surface area (Å²) in [5.74, 6) is -1.56. The number of nitrogens with one attached hydrogen (secondary N) is 1. The fourth-order valence-corrected chi connectivity index (χ4v) is 1.80. The Hall–Kier alpha value is -0.660. The van der Waals surface area contributed by atoms with Gasteiger partial charge in [0, 0.05) is 6.04 Å². The fraction of sp³-hybridized carbons (Fsp3) is 0.833. The molecule has 0 radical (unpaired) electrons. The number of ether oxygens (including phenoxy) is 1. The third-order valence-electron chi connectivity index (χ3n) is 1.19. The predicted octanol–water partition coefficient (Wildman–Crippen LogP) is -1.54. The van der Waals surface area contributed by atoms with Crippen molar-refractivity contribution in [2.45, 2.75) is 13.0 Å². The van der Waals surface area contributed by atoms with Crippen LogP contribution in [0.15, 0.2) is 0 Å². The van der Waals surface area contributed by atoms with Gasteiger partial charge in [0.1, 0.15) is 0 Å². The maximum absolute atomic E-state index is 11.0. The number of methoxy groups -OCH3 is 1. The molecule has 78 valence electrons. The van der Waals surface area contributed by atoms with E-state index in [9.17, 15) is 13.2 Å². The number of hydrogen-bond donors (Lipinski definition) is 2. The summed E-state index contributed by atoms with van der Waals surface area (Å²) in [6.45, 7) is 1.16. The van der Waals surface area contributed by atoms with E-state index >= 15 is 0 Å². The number of rotatable bonds is 5. The summed E-state index contributed by atoms with van der Waals surface area (Å²) in [7, 11) is -2.58. The van der Waals surface area contributed by atoms with Crippen LogP contribution in [0.5, 0.6) is 0 Å². The van der Waals surface area contributed by atoms with Gasteiger partial charge in [-0.25, -0.2) is 13.1 Å². The van der Waals surface area contributed by atoms with Crippen molar-refractivity contribution in [3.8, 4) is 0 Å². The van der Waals surface area contributed by atoms with Crippen LogP contribution in [0.3, 0.4) is 0 Å². The molecule has 0 aliphatic carbocycles. The van der Waals surface area contributed by atoms with Gasteiger partial charge in [-0.2, -0.15) is 0 Å². The van der Waals surface area contributed by atoms with Crippen LogP contribution in [0.25, 0.3) is 0 Å². The topological polar surface area (TPSA) is 92.7 Å². The van der Waals surface area contributed by atoms with Crippen molar-refractivity contribution in [3.05, 3.63) is 0 Å². The van der Waals surface area contributed by atoms with Gasteiger partial charge >= 0.3 is 5.97 Å². The lowest BCUT2D eigenvalue weighted by atomic mass is 10.4. The second-order valence-corrected chi connectivity index (χ2v) is 4.29. The maximum atomic E-state index is 11.0. The number of carbonyl (C=O) groups is 1. The molecule has 0 aromatic heterocycles. The largest absolute Gasteiger partial charge is 0.468 e. The zero-order chi connectivity index (χ0) is 10.5. The van der Waals surface area contributed by atoms with E-state index in [1.807, 2.05) is 0 Å². The molecule has 6 nitrogen and oxygen atoms in total. The van der Waals surface area contributed by atoms with Crippen molar-refractivity contribution in [1.29, 1.82) is 0 Å². The maximum Gasteiger partial charge on any atom is 0.322 e. The van der Waals surface area contributed by atoms with Gasteiger partial charge in [-0.15, -0.1) is 0 Å². The first-order valence-corrected chi connectivity index (χ1v) is 5.24. The van der Waals surface area contributed by atoms with Crippen LogP contribution >= 0.6 is 0 Å². The molecular weight excluding hydrogens is 198 g/mol. The molecule has 0 rings (SSSR count). The van der Waals surface area contributed by atoms with Crippen molar-refractivity contribution in [2.75, 3.05) is 19.5 Å². The molecule has 0 aliphatic heterocycles. The molecule has 0 spiro atoms. The van der Waals surface area contributed by atoms with Crippen LogP contribution in [0, 0.1) is 0 Å². The first-order valence-electron chi connectivity index (χ1n) is 3.59. The standard InChI is InChI=1S/C6H13NO5S/c1-5(3-8)7-13(10,11)4-6(9)12-2/h5,7-8H,3-4H2,1-2H3/t5-/m1/s1. The highest BCUT2D eigenvalue weighted by Gasteiger charge is 2.18. The average molecular weight is 211 g/mol. The van der Waals surface area contributed by atoms with Crippen molar-refractivity contribution >= 4 is 16.0 Å². The molecular formula is C6H13NO5S. The normalized spacial score (nSPS) is 13.8. The molecule has 2 N–H and O–H groups in total. The molecule has 1 atom stereocenters. The number of carbonyl (C=O) groups excluding carboxylic acids is 1. The minimum Gasteiger partial charge on any atom is -0.468 e. The van der Waals surface area contributed by atoms with Crippen molar-refractivity contribution in [3.63, 3.8) is 0 Å². The lowest BCUT2D eigenvalue weighted by Gasteiger charge is -2.09. The Labute approximate surface area is 76.9 Å². The smallest absolute Gasteiger partial charge is 0.322 e. The van der Waals surface area contributed by atoms with Crippen molar-refractivity contribution < 1.29 is 23.1 Å². The van der Waals surface area contributed by atoms with Gasteiger partial charge in [-0.05, 0) is 6.92 Å². The number of esters is 1. The average Bonchev–Trinajstić information content (AvgIpc) is 2.02. The summed E-state index contributed by atoms with van der Waals surface area (Å²) in [5.41, 5.74) is 0. The van der Waals surface area contributed by atoms with Crippen LogP contribution in [-0.4, -0.2) is 45.0 Å². The van der Waals surface area contributed by atoms with E-state index in [4.69, 9.17) is 5.11 Å². The van der Waals surface area contributed by atoms with Crippen LogP contribution in [0.1, 0.15) is 6.92 Å². The molecule has 0 aromatic rings. The highest BCUT2D eigenvalue weighted by Crippen LogP contribution is 1.90. The summed E-state index contributed by atoms with van der Waals surface area (Å²) in [5, 5.41) is 8.55. The second-order valence-electron chi connectivity index (χ2n) is 2.54. The number of aliphatic hydroxyl groups excluding tert-OH is 1. The zero-order valence-electron chi connectivity index (χ0n) is 7.48. The zero-order valence-corrected chi connectivity index (χ0v) is 8.30. The third-order valence-corrected chi connectivity index (χ3v) is 2.57. The summed E-state index contributed by atoms with van der Waals surface area (Å²) in [6.07, 6.45) is 0. The van der Waals surface area contributed by atoms with Gasteiger partial charge in [-0.1, -0.05) is 0 Å². The Bertz CT molecular complexity index is 260.